The average Bonchev–Trinajstić information content (AvgIpc) is 2.78. The number of ether oxygens (including phenoxy) is 1. The van der Waals surface area contributed by atoms with Gasteiger partial charge in [-0.2, -0.15) is 0 Å². The Kier molecular flexibility index (Phi) is 9.00. The molecule has 1 saturated carbocycles. The molecule has 0 aromatic heterocycles. The van der Waals surface area contributed by atoms with Gasteiger partial charge in [0.2, 0.25) is 5.91 Å². The highest BCUT2D eigenvalue weighted by Crippen LogP contribution is 2.28. The second kappa shape index (κ2) is 11.7. The van der Waals surface area contributed by atoms with Gasteiger partial charge in [-0.3, -0.25) is 9.59 Å². The van der Waals surface area contributed by atoms with E-state index >= 15 is 0 Å². The first-order valence-electron chi connectivity index (χ1n) is 11.1. The van der Waals surface area contributed by atoms with Crippen molar-refractivity contribution in [3.05, 3.63) is 63.1 Å². The molecule has 0 heterocycles. The van der Waals surface area contributed by atoms with Crippen molar-refractivity contribution in [2.75, 3.05) is 6.61 Å². The summed E-state index contributed by atoms with van der Waals surface area (Å²) in [6.45, 7) is 3.96. The molecule has 3 rings (SSSR count). The fourth-order valence-electron chi connectivity index (χ4n) is 3.94. The normalized spacial score (nSPS) is 15.1. The fourth-order valence-corrected chi connectivity index (χ4v) is 4.73. The summed E-state index contributed by atoms with van der Waals surface area (Å²) in [6.07, 6.45) is 5.48. The lowest BCUT2D eigenvalue weighted by atomic mass is 9.95. The molecule has 1 atom stereocenters. The third-order valence-corrected chi connectivity index (χ3v) is 6.82. The van der Waals surface area contributed by atoms with Crippen LogP contribution < -0.4 is 10.1 Å². The Morgan fingerprint density at radius 3 is 2.59 bits per heavy atom. The summed E-state index contributed by atoms with van der Waals surface area (Å²) in [4.78, 5) is 27.9. The van der Waals surface area contributed by atoms with E-state index in [1.807, 2.05) is 31.2 Å². The quantitative estimate of drug-likeness (QED) is 0.488. The highest BCUT2D eigenvalue weighted by molar-refractivity contribution is 9.10. The molecule has 1 fully saturated rings. The second-order valence-corrected chi connectivity index (χ2v) is 9.62. The summed E-state index contributed by atoms with van der Waals surface area (Å²) >= 11 is 9.39. The fraction of sp³-hybridized carbons (Fsp3) is 0.440. The maximum Gasteiger partial charge on any atom is 0.261 e. The summed E-state index contributed by atoms with van der Waals surface area (Å²) in [6, 6.07) is 12.6. The average molecular weight is 522 g/mol. The van der Waals surface area contributed by atoms with E-state index in [0.29, 0.717) is 21.8 Å². The summed E-state index contributed by atoms with van der Waals surface area (Å²) < 4.78 is 6.43. The van der Waals surface area contributed by atoms with Crippen LogP contribution in [0.3, 0.4) is 0 Å². The number of nitrogens with one attached hydrogen (secondary N) is 1. The number of benzene rings is 2. The summed E-state index contributed by atoms with van der Waals surface area (Å²) in [5.74, 6) is 0.158. The van der Waals surface area contributed by atoms with Crippen molar-refractivity contribution in [2.24, 2.45) is 0 Å². The first kappa shape index (κ1) is 24.6. The van der Waals surface area contributed by atoms with E-state index in [1.54, 1.807) is 30.0 Å². The van der Waals surface area contributed by atoms with Gasteiger partial charge in [0, 0.05) is 17.6 Å². The molecule has 0 radical (unpaired) electrons. The van der Waals surface area contributed by atoms with Gasteiger partial charge in [0.15, 0.2) is 6.61 Å². The molecule has 1 N–H and O–H groups in total. The van der Waals surface area contributed by atoms with Crippen molar-refractivity contribution in [2.45, 2.75) is 64.6 Å². The van der Waals surface area contributed by atoms with Crippen LogP contribution in [0.15, 0.2) is 46.9 Å². The maximum absolute atomic E-state index is 13.2. The molecule has 0 saturated heterocycles. The third kappa shape index (κ3) is 6.72. The van der Waals surface area contributed by atoms with E-state index in [2.05, 4.69) is 21.2 Å². The lowest BCUT2D eigenvalue weighted by Crippen LogP contribution is -2.51. The Labute approximate surface area is 203 Å². The summed E-state index contributed by atoms with van der Waals surface area (Å²) in [5, 5.41) is 3.72. The lowest BCUT2D eigenvalue weighted by Gasteiger charge is -2.31. The molecule has 32 heavy (non-hydrogen) atoms. The van der Waals surface area contributed by atoms with Crippen molar-refractivity contribution in [1.82, 2.24) is 10.2 Å². The van der Waals surface area contributed by atoms with Crippen LogP contribution in [0.5, 0.6) is 5.75 Å². The number of rotatable bonds is 8. The van der Waals surface area contributed by atoms with Crippen LogP contribution >= 0.6 is 27.5 Å². The van der Waals surface area contributed by atoms with Crippen LogP contribution in [0, 0.1) is 6.92 Å². The number of amides is 2. The molecule has 7 heteroatoms. The van der Waals surface area contributed by atoms with Crippen molar-refractivity contribution < 1.29 is 14.3 Å². The Balaban J connectivity index is 1.73. The van der Waals surface area contributed by atoms with Gasteiger partial charge in [0.05, 0.1) is 4.47 Å². The predicted molar refractivity (Wildman–Crippen MR) is 131 cm³/mol. The Bertz CT molecular complexity index is 947. The molecule has 1 aliphatic rings. The number of halogens is 2. The van der Waals surface area contributed by atoms with Gasteiger partial charge < -0.3 is 15.0 Å². The third-order valence-electron chi connectivity index (χ3n) is 5.97. The molecule has 5 nitrogen and oxygen atoms in total. The van der Waals surface area contributed by atoms with Crippen LogP contribution in [0.4, 0.5) is 0 Å². The molecular weight excluding hydrogens is 492 g/mol. The van der Waals surface area contributed by atoms with E-state index < -0.39 is 6.04 Å². The maximum atomic E-state index is 13.2. The highest BCUT2D eigenvalue weighted by atomic mass is 79.9. The van der Waals surface area contributed by atoms with Gasteiger partial charge in [-0.05, 0) is 71.9 Å². The van der Waals surface area contributed by atoms with Gasteiger partial charge >= 0.3 is 0 Å². The van der Waals surface area contributed by atoms with Gasteiger partial charge in [0.1, 0.15) is 11.8 Å². The van der Waals surface area contributed by atoms with Crippen molar-refractivity contribution in [1.29, 1.82) is 0 Å². The van der Waals surface area contributed by atoms with Crippen molar-refractivity contribution >= 4 is 39.3 Å². The van der Waals surface area contributed by atoms with Gasteiger partial charge in [-0.25, -0.2) is 0 Å². The lowest BCUT2D eigenvalue weighted by molar-refractivity contribution is -0.142. The first-order valence-corrected chi connectivity index (χ1v) is 12.2. The van der Waals surface area contributed by atoms with Crippen LogP contribution in [0.25, 0.3) is 0 Å². The minimum Gasteiger partial charge on any atom is -0.483 e. The van der Waals surface area contributed by atoms with E-state index in [9.17, 15) is 9.59 Å². The summed E-state index contributed by atoms with van der Waals surface area (Å²) in [5.41, 5.74) is 2.08. The molecule has 0 aliphatic heterocycles. The molecule has 2 amide bonds. The van der Waals surface area contributed by atoms with Crippen LogP contribution in [0.2, 0.25) is 5.02 Å². The van der Waals surface area contributed by atoms with E-state index in [-0.39, 0.29) is 24.5 Å². The van der Waals surface area contributed by atoms with Crippen LogP contribution in [0.1, 0.15) is 50.2 Å². The van der Waals surface area contributed by atoms with E-state index in [0.717, 1.165) is 36.8 Å². The zero-order chi connectivity index (χ0) is 23.1. The number of nitrogens with zero attached hydrogens (tertiary/aromatic N) is 1. The van der Waals surface area contributed by atoms with Gasteiger partial charge in [0.25, 0.3) is 5.91 Å². The summed E-state index contributed by atoms with van der Waals surface area (Å²) in [7, 11) is 0. The van der Waals surface area contributed by atoms with Crippen molar-refractivity contribution in [3.63, 3.8) is 0 Å². The first-order chi connectivity index (χ1) is 15.3. The van der Waals surface area contributed by atoms with Crippen LogP contribution in [-0.4, -0.2) is 35.4 Å². The van der Waals surface area contributed by atoms with Gasteiger partial charge in [-0.15, -0.1) is 0 Å². The molecule has 172 valence electrons. The minimum atomic E-state index is -0.610. The minimum absolute atomic E-state index is 0.119. The van der Waals surface area contributed by atoms with Crippen molar-refractivity contribution in [3.8, 4) is 5.75 Å². The number of carbonyl (C=O) groups is 2. The second-order valence-electron chi connectivity index (χ2n) is 8.33. The molecule has 0 unspecified atom stereocenters. The largest absolute Gasteiger partial charge is 0.483 e. The topological polar surface area (TPSA) is 58.6 Å². The smallest absolute Gasteiger partial charge is 0.261 e. The molecule has 0 spiro atoms. The number of hydrogen-bond acceptors (Lipinski definition) is 3. The SMILES string of the molecule is Cc1ccccc1CN(C(=O)COc1ccc(Cl)cc1Br)[C@H](C)C(=O)NC1CCCCC1. The predicted octanol–water partition coefficient (Wildman–Crippen LogP) is 5.66. The Hall–Kier alpha value is -2.05. The standard InChI is InChI=1S/C25H30BrClN2O3/c1-17-8-6-7-9-19(17)15-29(18(2)25(31)28-21-10-4-3-5-11-21)24(30)16-32-23-13-12-20(27)14-22(23)26/h6-9,12-14,18,21H,3-5,10-11,15-16H2,1-2H3,(H,28,31)/t18-/m1/s1. The molecule has 1 aliphatic carbocycles. The molecule has 2 aromatic rings. The molecule has 2 aromatic carbocycles. The number of hydrogen-bond donors (Lipinski definition) is 1. The zero-order valence-corrected chi connectivity index (χ0v) is 20.9. The molecular formula is C25H30BrClN2O3. The molecule has 0 bridgehead atoms. The number of aryl methyl sites for hydroxylation is 1. The zero-order valence-electron chi connectivity index (χ0n) is 18.6. The highest BCUT2D eigenvalue weighted by Gasteiger charge is 2.28. The Morgan fingerprint density at radius 1 is 1.19 bits per heavy atom. The Morgan fingerprint density at radius 2 is 1.91 bits per heavy atom. The van der Waals surface area contributed by atoms with Crippen LogP contribution in [-0.2, 0) is 16.1 Å². The van der Waals surface area contributed by atoms with E-state index in [4.69, 9.17) is 16.3 Å². The monoisotopic (exact) mass is 520 g/mol. The number of carbonyl (C=O) groups excluding carboxylic acids is 2. The van der Waals surface area contributed by atoms with E-state index in [1.165, 1.54) is 6.42 Å². The van der Waals surface area contributed by atoms with Gasteiger partial charge in [-0.1, -0.05) is 55.1 Å².